The molecule has 1 aliphatic rings. The van der Waals surface area contributed by atoms with Crippen molar-refractivity contribution in [2.45, 2.75) is 25.8 Å². The van der Waals surface area contributed by atoms with E-state index >= 15 is 0 Å². The van der Waals surface area contributed by atoms with Gasteiger partial charge in [-0.25, -0.2) is 9.97 Å². The summed E-state index contributed by atoms with van der Waals surface area (Å²) < 4.78 is 1.74. The Hall–Kier alpha value is -2.08. The molecular weight excluding hydrogens is 300 g/mol. The number of fused-ring (bicyclic) bond motifs is 1. The molecule has 1 fully saturated rings. The third kappa shape index (κ3) is 1.90. The normalized spacial score (nSPS) is 18.5. The number of hydrogen-bond donors (Lipinski definition) is 1. The minimum Gasteiger partial charge on any atom is -0.349 e. The monoisotopic (exact) mass is 316 g/mol. The summed E-state index contributed by atoms with van der Waals surface area (Å²) in [6.07, 6.45) is 5.69. The fourth-order valence-electron chi connectivity index (χ4n) is 3.43. The van der Waals surface area contributed by atoms with Crippen molar-refractivity contribution in [3.63, 3.8) is 0 Å². The van der Waals surface area contributed by atoms with Crippen molar-refractivity contribution in [1.29, 1.82) is 0 Å². The molecule has 1 N–H and O–H groups in total. The van der Waals surface area contributed by atoms with Crippen molar-refractivity contribution in [3.8, 4) is 0 Å². The van der Waals surface area contributed by atoms with Crippen LogP contribution in [0.25, 0.3) is 11.0 Å². The van der Waals surface area contributed by atoms with Gasteiger partial charge in [0.1, 0.15) is 22.9 Å². The molecule has 114 valence electrons. The minimum absolute atomic E-state index is 0.217. The topological polar surface area (TPSA) is 62.6 Å². The minimum atomic E-state index is 0.217. The zero-order chi connectivity index (χ0) is 15.3. The van der Waals surface area contributed by atoms with E-state index in [2.05, 4.69) is 25.0 Å². The SMILES string of the molecule is Cc1nn(C)c(Cl)c1C1CCCN1c1ncnc2[nH]ccc12. The molecule has 6 nitrogen and oxygen atoms in total. The third-order valence-electron chi connectivity index (χ3n) is 4.39. The van der Waals surface area contributed by atoms with Crippen molar-refractivity contribution < 1.29 is 0 Å². The van der Waals surface area contributed by atoms with Crippen LogP contribution in [0.1, 0.15) is 30.1 Å². The van der Waals surface area contributed by atoms with Gasteiger partial charge in [-0.1, -0.05) is 11.6 Å². The molecular formula is C15H17ClN6. The molecule has 1 unspecified atom stereocenters. The summed E-state index contributed by atoms with van der Waals surface area (Å²) in [7, 11) is 1.88. The van der Waals surface area contributed by atoms with Crippen LogP contribution in [0.4, 0.5) is 5.82 Å². The number of halogens is 1. The maximum Gasteiger partial charge on any atom is 0.142 e. The van der Waals surface area contributed by atoms with Crippen molar-refractivity contribution >= 4 is 28.5 Å². The maximum absolute atomic E-state index is 6.48. The maximum atomic E-state index is 6.48. The molecule has 7 heteroatoms. The summed E-state index contributed by atoms with van der Waals surface area (Å²) in [4.78, 5) is 14.3. The zero-order valence-electron chi connectivity index (χ0n) is 12.5. The highest BCUT2D eigenvalue weighted by Gasteiger charge is 2.32. The van der Waals surface area contributed by atoms with Gasteiger partial charge in [-0.05, 0) is 25.8 Å². The smallest absolute Gasteiger partial charge is 0.142 e. The molecule has 1 saturated heterocycles. The quantitative estimate of drug-likeness (QED) is 0.789. The molecule has 1 atom stereocenters. The number of rotatable bonds is 2. The lowest BCUT2D eigenvalue weighted by Gasteiger charge is -2.26. The lowest BCUT2D eigenvalue weighted by Crippen LogP contribution is -2.24. The Morgan fingerprint density at radius 2 is 2.23 bits per heavy atom. The van der Waals surface area contributed by atoms with Crippen LogP contribution in [0.5, 0.6) is 0 Å². The molecule has 0 spiro atoms. The molecule has 0 saturated carbocycles. The fraction of sp³-hybridized carbons (Fsp3) is 0.400. The first kappa shape index (κ1) is 13.6. The number of hydrogen-bond acceptors (Lipinski definition) is 4. The van der Waals surface area contributed by atoms with Crippen LogP contribution >= 0.6 is 11.6 Å². The first-order chi connectivity index (χ1) is 10.7. The lowest BCUT2D eigenvalue weighted by atomic mass is 10.1. The Kier molecular flexibility index (Phi) is 3.07. The van der Waals surface area contributed by atoms with Gasteiger partial charge in [0.15, 0.2) is 0 Å². The molecule has 4 heterocycles. The van der Waals surface area contributed by atoms with E-state index in [1.54, 1.807) is 11.0 Å². The van der Waals surface area contributed by atoms with Gasteiger partial charge in [0.25, 0.3) is 0 Å². The number of anilines is 1. The second-order valence-electron chi connectivity index (χ2n) is 5.70. The molecule has 0 amide bonds. The first-order valence-electron chi connectivity index (χ1n) is 7.40. The largest absolute Gasteiger partial charge is 0.349 e. The Morgan fingerprint density at radius 3 is 3.00 bits per heavy atom. The Balaban J connectivity index is 1.83. The van der Waals surface area contributed by atoms with Crippen molar-refractivity contribution in [1.82, 2.24) is 24.7 Å². The summed E-state index contributed by atoms with van der Waals surface area (Å²) >= 11 is 6.48. The molecule has 0 aromatic carbocycles. The number of aromatic nitrogens is 5. The van der Waals surface area contributed by atoms with Gasteiger partial charge in [-0.2, -0.15) is 5.10 Å². The van der Waals surface area contributed by atoms with E-state index in [1.165, 1.54) is 0 Å². The average Bonchev–Trinajstić information content (AvgIpc) is 3.19. The van der Waals surface area contributed by atoms with Crippen LogP contribution in [0.2, 0.25) is 5.15 Å². The van der Waals surface area contributed by atoms with Gasteiger partial charge in [-0.3, -0.25) is 4.68 Å². The van der Waals surface area contributed by atoms with Crippen LogP contribution in [-0.4, -0.2) is 31.3 Å². The Bertz CT molecular complexity index is 836. The van der Waals surface area contributed by atoms with E-state index in [0.29, 0.717) is 5.15 Å². The van der Waals surface area contributed by atoms with Crippen LogP contribution in [0, 0.1) is 6.92 Å². The lowest BCUT2D eigenvalue weighted by molar-refractivity contribution is 0.707. The van der Waals surface area contributed by atoms with Crippen molar-refractivity contribution in [2.24, 2.45) is 7.05 Å². The third-order valence-corrected chi connectivity index (χ3v) is 4.84. The predicted molar refractivity (Wildman–Crippen MR) is 86.2 cm³/mol. The van der Waals surface area contributed by atoms with Gasteiger partial charge in [0.05, 0.1) is 17.1 Å². The predicted octanol–water partition coefficient (Wildman–Crippen LogP) is 2.99. The van der Waals surface area contributed by atoms with E-state index in [4.69, 9.17) is 11.6 Å². The molecule has 0 radical (unpaired) electrons. The number of aryl methyl sites for hydroxylation is 2. The highest BCUT2D eigenvalue weighted by atomic mass is 35.5. The number of aromatic amines is 1. The van der Waals surface area contributed by atoms with Gasteiger partial charge < -0.3 is 9.88 Å². The summed E-state index contributed by atoms with van der Waals surface area (Å²) in [5.41, 5.74) is 2.97. The average molecular weight is 317 g/mol. The van der Waals surface area contributed by atoms with Gasteiger partial charge in [-0.15, -0.1) is 0 Å². The van der Waals surface area contributed by atoms with E-state index in [1.807, 2.05) is 26.2 Å². The molecule has 22 heavy (non-hydrogen) atoms. The summed E-state index contributed by atoms with van der Waals surface area (Å²) in [5, 5.41) is 6.22. The molecule has 3 aromatic heterocycles. The fourth-order valence-corrected chi connectivity index (χ4v) is 3.73. The van der Waals surface area contributed by atoms with Crippen LogP contribution < -0.4 is 4.90 Å². The Morgan fingerprint density at radius 1 is 1.36 bits per heavy atom. The van der Waals surface area contributed by atoms with Gasteiger partial charge in [0, 0.05) is 25.4 Å². The molecule has 3 aromatic rings. The summed E-state index contributed by atoms with van der Waals surface area (Å²) in [5.74, 6) is 0.966. The van der Waals surface area contributed by atoms with E-state index in [9.17, 15) is 0 Å². The van der Waals surface area contributed by atoms with Crippen LogP contribution in [0.15, 0.2) is 18.6 Å². The van der Waals surface area contributed by atoms with E-state index in [0.717, 1.165) is 47.5 Å². The molecule has 0 aliphatic carbocycles. The Labute approximate surface area is 133 Å². The highest BCUT2D eigenvalue weighted by molar-refractivity contribution is 6.30. The standard InChI is InChI=1S/C15H17ClN6/c1-9-12(13(16)21(2)20-9)11-4-3-7-22(11)15-10-5-6-17-14(10)18-8-19-15/h5-6,8,11H,3-4,7H2,1-2H3,(H,17,18,19). The van der Waals surface area contributed by atoms with E-state index < -0.39 is 0 Å². The van der Waals surface area contributed by atoms with Crippen LogP contribution in [-0.2, 0) is 7.05 Å². The number of nitrogens with zero attached hydrogens (tertiary/aromatic N) is 5. The van der Waals surface area contributed by atoms with Gasteiger partial charge in [0.2, 0.25) is 0 Å². The van der Waals surface area contributed by atoms with Gasteiger partial charge >= 0.3 is 0 Å². The number of nitrogens with one attached hydrogen (secondary N) is 1. The summed E-state index contributed by atoms with van der Waals surface area (Å²) in [6, 6.07) is 2.24. The number of H-pyrrole nitrogens is 1. The molecule has 0 bridgehead atoms. The second-order valence-corrected chi connectivity index (χ2v) is 6.06. The molecule has 1 aliphatic heterocycles. The second kappa shape index (κ2) is 4.98. The highest BCUT2D eigenvalue weighted by Crippen LogP contribution is 2.41. The van der Waals surface area contributed by atoms with Crippen molar-refractivity contribution in [3.05, 3.63) is 35.0 Å². The van der Waals surface area contributed by atoms with E-state index in [-0.39, 0.29) is 6.04 Å². The zero-order valence-corrected chi connectivity index (χ0v) is 13.3. The van der Waals surface area contributed by atoms with Crippen LogP contribution in [0.3, 0.4) is 0 Å². The summed E-state index contributed by atoms with van der Waals surface area (Å²) in [6.45, 7) is 2.98. The first-order valence-corrected chi connectivity index (χ1v) is 7.78. The van der Waals surface area contributed by atoms with Crippen molar-refractivity contribution in [2.75, 3.05) is 11.4 Å². The molecule has 4 rings (SSSR count).